The molecule has 0 aliphatic heterocycles. The van der Waals surface area contributed by atoms with Gasteiger partial charge in [0.1, 0.15) is 0 Å². The van der Waals surface area contributed by atoms with Gasteiger partial charge in [0.25, 0.3) is 0 Å². The fourth-order valence-corrected chi connectivity index (χ4v) is 2.62. The van der Waals surface area contributed by atoms with Crippen molar-refractivity contribution in [2.24, 2.45) is 5.92 Å². The molecule has 0 aliphatic carbocycles. The molecule has 21 heavy (non-hydrogen) atoms. The SMILES string of the molecule is Cc1cc(-c2nnc(SCC(=O)O)n2CC(C)C)ccn1. The summed E-state index contributed by atoms with van der Waals surface area (Å²) in [5.74, 6) is 0.278. The van der Waals surface area contributed by atoms with E-state index in [1.54, 1.807) is 6.20 Å². The van der Waals surface area contributed by atoms with E-state index in [1.165, 1.54) is 11.8 Å². The van der Waals surface area contributed by atoms with E-state index in [-0.39, 0.29) is 5.75 Å². The Bertz CT molecular complexity index is 640. The summed E-state index contributed by atoms with van der Waals surface area (Å²) in [5, 5.41) is 17.8. The first-order valence-corrected chi connectivity index (χ1v) is 7.66. The maximum absolute atomic E-state index is 10.7. The minimum absolute atomic E-state index is 0.0222. The summed E-state index contributed by atoms with van der Waals surface area (Å²) in [6.45, 7) is 6.87. The lowest BCUT2D eigenvalue weighted by Crippen LogP contribution is -2.09. The summed E-state index contributed by atoms with van der Waals surface area (Å²) in [4.78, 5) is 14.9. The van der Waals surface area contributed by atoms with E-state index in [1.807, 2.05) is 23.6 Å². The van der Waals surface area contributed by atoms with Gasteiger partial charge in [0, 0.05) is 24.0 Å². The van der Waals surface area contributed by atoms with Crippen LogP contribution in [0.5, 0.6) is 0 Å². The number of pyridine rings is 1. The molecule has 2 heterocycles. The van der Waals surface area contributed by atoms with Crippen LogP contribution in [-0.4, -0.2) is 36.6 Å². The van der Waals surface area contributed by atoms with Gasteiger partial charge >= 0.3 is 5.97 Å². The number of nitrogens with zero attached hydrogens (tertiary/aromatic N) is 4. The maximum Gasteiger partial charge on any atom is 0.313 e. The first-order chi connectivity index (χ1) is 9.97. The van der Waals surface area contributed by atoms with Crippen molar-refractivity contribution in [2.75, 3.05) is 5.75 Å². The van der Waals surface area contributed by atoms with Gasteiger partial charge in [-0.1, -0.05) is 25.6 Å². The van der Waals surface area contributed by atoms with E-state index < -0.39 is 5.97 Å². The quantitative estimate of drug-likeness (QED) is 0.826. The third kappa shape index (κ3) is 4.04. The number of thioether (sulfide) groups is 1. The average molecular weight is 306 g/mol. The molecule has 2 aromatic rings. The van der Waals surface area contributed by atoms with Gasteiger partial charge in [0.2, 0.25) is 0 Å². The van der Waals surface area contributed by atoms with Gasteiger partial charge < -0.3 is 9.67 Å². The van der Waals surface area contributed by atoms with Crippen LogP contribution >= 0.6 is 11.8 Å². The summed E-state index contributed by atoms with van der Waals surface area (Å²) in [5.41, 5.74) is 1.85. The summed E-state index contributed by atoms with van der Waals surface area (Å²) in [6.07, 6.45) is 1.74. The standard InChI is InChI=1S/C14H18N4O2S/c1-9(2)7-18-13(11-4-5-15-10(3)6-11)16-17-14(18)21-8-12(19)20/h4-6,9H,7-8H2,1-3H3,(H,19,20). The lowest BCUT2D eigenvalue weighted by Gasteiger charge is -2.12. The third-order valence-corrected chi connectivity index (χ3v) is 3.70. The number of carboxylic acid groups (broad SMARTS) is 1. The molecule has 112 valence electrons. The van der Waals surface area contributed by atoms with Gasteiger partial charge in [-0.2, -0.15) is 0 Å². The summed E-state index contributed by atoms with van der Waals surface area (Å²) < 4.78 is 1.98. The molecule has 0 unspecified atom stereocenters. The van der Waals surface area contributed by atoms with Gasteiger partial charge in [-0.05, 0) is 25.0 Å². The van der Waals surface area contributed by atoms with E-state index in [4.69, 9.17) is 5.11 Å². The minimum Gasteiger partial charge on any atom is -0.481 e. The van der Waals surface area contributed by atoms with Crippen molar-refractivity contribution in [3.8, 4) is 11.4 Å². The van der Waals surface area contributed by atoms with E-state index in [0.29, 0.717) is 11.1 Å². The second-order valence-electron chi connectivity index (χ2n) is 5.18. The van der Waals surface area contributed by atoms with Crippen LogP contribution in [-0.2, 0) is 11.3 Å². The van der Waals surface area contributed by atoms with Crippen LogP contribution in [0.3, 0.4) is 0 Å². The molecule has 0 atom stereocenters. The zero-order valence-corrected chi connectivity index (χ0v) is 13.1. The summed E-state index contributed by atoms with van der Waals surface area (Å²) >= 11 is 1.19. The molecule has 2 rings (SSSR count). The van der Waals surface area contributed by atoms with Crippen LogP contribution in [0.1, 0.15) is 19.5 Å². The predicted molar refractivity (Wildman–Crippen MR) is 81.2 cm³/mol. The molecule has 0 aromatic carbocycles. The topological polar surface area (TPSA) is 80.9 Å². The van der Waals surface area contributed by atoms with Gasteiger partial charge in [-0.3, -0.25) is 9.78 Å². The maximum atomic E-state index is 10.7. The van der Waals surface area contributed by atoms with Crippen molar-refractivity contribution >= 4 is 17.7 Å². The fraction of sp³-hybridized carbons (Fsp3) is 0.429. The van der Waals surface area contributed by atoms with Gasteiger partial charge in [0.15, 0.2) is 11.0 Å². The molecule has 0 fully saturated rings. The van der Waals surface area contributed by atoms with E-state index in [0.717, 1.165) is 23.6 Å². The van der Waals surface area contributed by atoms with Crippen molar-refractivity contribution in [1.82, 2.24) is 19.7 Å². The summed E-state index contributed by atoms with van der Waals surface area (Å²) in [6, 6.07) is 3.84. The van der Waals surface area contributed by atoms with Crippen LogP contribution in [0.15, 0.2) is 23.5 Å². The monoisotopic (exact) mass is 306 g/mol. The van der Waals surface area contributed by atoms with Crippen LogP contribution in [0.2, 0.25) is 0 Å². The van der Waals surface area contributed by atoms with Crippen molar-refractivity contribution in [3.63, 3.8) is 0 Å². The molecule has 0 saturated carbocycles. The molecule has 1 N–H and O–H groups in total. The highest BCUT2D eigenvalue weighted by atomic mass is 32.2. The molecule has 0 aliphatic rings. The molecule has 0 saturated heterocycles. The Labute approximate surface area is 127 Å². The average Bonchev–Trinajstić information content (AvgIpc) is 2.78. The van der Waals surface area contributed by atoms with Crippen LogP contribution in [0.4, 0.5) is 0 Å². The molecule has 0 spiro atoms. The van der Waals surface area contributed by atoms with Crippen molar-refractivity contribution in [1.29, 1.82) is 0 Å². The number of hydrogen-bond donors (Lipinski definition) is 1. The Morgan fingerprint density at radius 1 is 1.43 bits per heavy atom. The molecular weight excluding hydrogens is 288 g/mol. The number of hydrogen-bond acceptors (Lipinski definition) is 5. The van der Waals surface area contributed by atoms with Crippen LogP contribution < -0.4 is 0 Å². The number of carbonyl (C=O) groups is 1. The fourth-order valence-electron chi connectivity index (χ4n) is 1.95. The Hall–Kier alpha value is -1.89. The highest BCUT2D eigenvalue weighted by molar-refractivity contribution is 7.99. The Morgan fingerprint density at radius 2 is 2.19 bits per heavy atom. The molecule has 0 amide bonds. The van der Waals surface area contributed by atoms with Crippen LogP contribution in [0.25, 0.3) is 11.4 Å². The molecular formula is C14H18N4O2S. The zero-order chi connectivity index (χ0) is 15.4. The van der Waals surface area contributed by atoms with Crippen molar-refractivity contribution < 1.29 is 9.90 Å². The first-order valence-electron chi connectivity index (χ1n) is 6.68. The highest BCUT2D eigenvalue weighted by Gasteiger charge is 2.16. The number of carboxylic acids is 1. The third-order valence-electron chi connectivity index (χ3n) is 2.74. The Morgan fingerprint density at radius 3 is 2.81 bits per heavy atom. The molecule has 0 radical (unpaired) electrons. The zero-order valence-electron chi connectivity index (χ0n) is 12.3. The van der Waals surface area contributed by atoms with E-state index in [2.05, 4.69) is 29.0 Å². The summed E-state index contributed by atoms with van der Waals surface area (Å²) in [7, 11) is 0. The van der Waals surface area contributed by atoms with Crippen molar-refractivity contribution in [2.45, 2.75) is 32.5 Å². The van der Waals surface area contributed by atoms with Gasteiger partial charge in [-0.25, -0.2) is 0 Å². The number of aromatic nitrogens is 4. The molecule has 7 heteroatoms. The highest BCUT2D eigenvalue weighted by Crippen LogP contribution is 2.25. The minimum atomic E-state index is -0.861. The van der Waals surface area contributed by atoms with Gasteiger partial charge in [0.05, 0.1) is 5.75 Å². The lowest BCUT2D eigenvalue weighted by molar-refractivity contribution is -0.133. The van der Waals surface area contributed by atoms with E-state index >= 15 is 0 Å². The second kappa shape index (κ2) is 6.71. The predicted octanol–water partition coefficient (Wildman–Crippen LogP) is 2.48. The first kappa shape index (κ1) is 15.5. The van der Waals surface area contributed by atoms with E-state index in [9.17, 15) is 4.79 Å². The smallest absolute Gasteiger partial charge is 0.313 e. The Kier molecular flexibility index (Phi) is 4.95. The van der Waals surface area contributed by atoms with Crippen molar-refractivity contribution in [3.05, 3.63) is 24.0 Å². The largest absolute Gasteiger partial charge is 0.481 e. The van der Waals surface area contributed by atoms with Gasteiger partial charge in [-0.15, -0.1) is 10.2 Å². The Balaban J connectivity index is 2.38. The number of rotatable bonds is 6. The number of aryl methyl sites for hydroxylation is 1. The molecule has 2 aromatic heterocycles. The van der Waals surface area contributed by atoms with Crippen LogP contribution in [0, 0.1) is 12.8 Å². The lowest BCUT2D eigenvalue weighted by atomic mass is 10.2. The molecule has 6 nitrogen and oxygen atoms in total. The second-order valence-corrected chi connectivity index (χ2v) is 6.12. The normalized spacial score (nSPS) is 11.0. The molecule has 0 bridgehead atoms. The number of aliphatic carboxylic acids is 1.